The monoisotopic (exact) mass is 412 g/mol. The fraction of sp³-hybridized carbons (Fsp3) is 0.278. The molecule has 0 aliphatic rings. The summed E-state index contributed by atoms with van der Waals surface area (Å²) in [6, 6.07) is 12.3. The Morgan fingerprint density at radius 1 is 1.19 bits per heavy atom. The van der Waals surface area contributed by atoms with Gasteiger partial charge in [0.2, 0.25) is 15.9 Å². The van der Waals surface area contributed by atoms with Crippen LogP contribution in [-0.2, 0) is 14.8 Å². The summed E-state index contributed by atoms with van der Waals surface area (Å²) >= 11 is 7.48. The number of sulfonamides is 1. The molecule has 0 bridgehead atoms. The first-order valence-electron chi connectivity index (χ1n) is 7.97. The number of hydrogen-bond acceptors (Lipinski definition) is 4. The smallest absolute Gasteiger partial charge is 0.242 e. The fourth-order valence-corrected chi connectivity index (χ4v) is 4.27. The molecule has 0 aliphatic carbocycles. The minimum atomic E-state index is -3.79. The van der Waals surface area contributed by atoms with Crippen LogP contribution in [0.2, 0.25) is 5.02 Å². The van der Waals surface area contributed by atoms with Crippen LogP contribution in [0.25, 0.3) is 0 Å². The molecule has 8 heteroatoms. The SMILES string of the molecule is CSCCC(NS(=O)(=O)c1ccccc1)C(=O)Nc1ccc(Cl)cc1C. The Labute approximate surface area is 163 Å². The van der Waals surface area contributed by atoms with Gasteiger partial charge < -0.3 is 5.32 Å². The van der Waals surface area contributed by atoms with Gasteiger partial charge in [-0.25, -0.2) is 8.42 Å². The first-order valence-corrected chi connectivity index (χ1v) is 11.2. The topological polar surface area (TPSA) is 75.3 Å². The van der Waals surface area contributed by atoms with E-state index in [9.17, 15) is 13.2 Å². The zero-order chi connectivity index (χ0) is 19.2. The van der Waals surface area contributed by atoms with E-state index in [1.54, 1.807) is 48.2 Å². The van der Waals surface area contributed by atoms with Gasteiger partial charge in [-0.2, -0.15) is 16.5 Å². The average Bonchev–Trinajstić information content (AvgIpc) is 2.61. The Bertz CT molecular complexity index is 858. The van der Waals surface area contributed by atoms with E-state index >= 15 is 0 Å². The molecule has 0 aliphatic heterocycles. The van der Waals surface area contributed by atoms with Crippen molar-refractivity contribution in [2.24, 2.45) is 0 Å². The Balaban J connectivity index is 2.19. The van der Waals surface area contributed by atoms with E-state index in [0.29, 0.717) is 22.9 Å². The summed E-state index contributed by atoms with van der Waals surface area (Å²) in [5.41, 5.74) is 1.41. The van der Waals surface area contributed by atoms with Gasteiger partial charge in [0.05, 0.1) is 4.90 Å². The molecule has 0 spiro atoms. The van der Waals surface area contributed by atoms with E-state index < -0.39 is 22.0 Å². The van der Waals surface area contributed by atoms with Crippen LogP contribution in [0, 0.1) is 6.92 Å². The lowest BCUT2D eigenvalue weighted by Gasteiger charge is -2.19. The van der Waals surface area contributed by atoms with Crippen LogP contribution < -0.4 is 10.0 Å². The maximum atomic E-state index is 12.7. The van der Waals surface area contributed by atoms with Gasteiger partial charge in [-0.15, -0.1) is 0 Å². The van der Waals surface area contributed by atoms with Crippen molar-refractivity contribution in [3.63, 3.8) is 0 Å². The highest BCUT2D eigenvalue weighted by atomic mass is 35.5. The first kappa shape index (κ1) is 20.8. The highest BCUT2D eigenvalue weighted by molar-refractivity contribution is 7.98. The number of halogens is 1. The van der Waals surface area contributed by atoms with Crippen molar-refractivity contribution in [1.82, 2.24) is 4.72 Å². The van der Waals surface area contributed by atoms with Crippen molar-refractivity contribution in [1.29, 1.82) is 0 Å². The predicted octanol–water partition coefficient (Wildman–Crippen LogP) is 3.69. The van der Waals surface area contributed by atoms with E-state index in [1.165, 1.54) is 12.1 Å². The third-order valence-corrected chi connectivity index (χ3v) is 6.09. The zero-order valence-electron chi connectivity index (χ0n) is 14.5. The number of carbonyl (C=O) groups is 1. The largest absolute Gasteiger partial charge is 0.324 e. The molecule has 1 amide bonds. The van der Waals surface area contributed by atoms with Crippen molar-refractivity contribution >= 4 is 45.0 Å². The van der Waals surface area contributed by atoms with E-state index in [1.807, 2.05) is 13.2 Å². The Hall–Kier alpha value is -1.54. The van der Waals surface area contributed by atoms with Crippen LogP contribution >= 0.6 is 23.4 Å². The maximum absolute atomic E-state index is 12.7. The van der Waals surface area contributed by atoms with E-state index in [0.717, 1.165) is 5.56 Å². The molecule has 140 valence electrons. The van der Waals surface area contributed by atoms with E-state index in [4.69, 9.17) is 11.6 Å². The molecule has 2 aromatic rings. The lowest BCUT2D eigenvalue weighted by molar-refractivity contribution is -0.117. The zero-order valence-corrected chi connectivity index (χ0v) is 16.9. The number of amides is 1. The molecule has 0 aromatic heterocycles. The predicted molar refractivity (Wildman–Crippen MR) is 108 cm³/mol. The second-order valence-electron chi connectivity index (χ2n) is 5.72. The quantitative estimate of drug-likeness (QED) is 0.693. The summed E-state index contributed by atoms with van der Waals surface area (Å²) in [5, 5.41) is 3.36. The number of aryl methyl sites for hydroxylation is 1. The second-order valence-corrected chi connectivity index (χ2v) is 8.85. The Morgan fingerprint density at radius 2 is 1.88 bits per heavy atom. The molecule has 0 heterocycles. The van der Waals surface area contributed by atoms with E-state index in [-0.39, 0.29) is 4.90 Å². The van der Waals surface area contributed by atoms with Crippen LogP contribution in [0.1, 0.15) is 12.0 Å². The number of rotatable bonds is 8. The van der Waals surface area contributed by atoms with E-state index in [2.05, 4.69) is 10.0 Å². The molecule has 5 nitrogen and oxygen atoms in total. The number of nitrogens with one attached hydrogen (secondary N) is 2. The molecular weight excluding hydrogens is 392 g/mol. The van der Waals surface area contributed by atoms with Crippen LogP contribution in [-0.4, -0.2) is 32.4 Å². The molecule has 2 rings (SSSR count). The molecule has 2 aromatic carbocycles. The van der Waals surface area contributed by atoms with Crippen molar-refractivity contribution in [2.45, 2.75) is 24.3 Å². The number of carbonyl (C=O) groups excluding carboxylic acids is 1. The van der Waals surface area contributed by atoms with Gasteiger partial charge in [-0.1, -0.05) is 29.8 Å². The minimum absolute atomic E-state index is 0.129. The fourth-order valence-electron chi connectivity index (χ4n) is 2.32. The molecule has 26 heavy (non-hydrogen) atoms. The van der Waals surface area contributed by atoms with Gasteiger partial charge in [-0.3, -0.25) is 4.79 Å². The lowest BCUT2D eigenvalue weighted by atomic mass is 10.1. The van der Waals surface area contributed by atoms with Gasteiger partial charge in [0.15, 0.2) is 0 Å². The highest BCUT2D eigenvalue weighted by Crippen LogP contribution is 2.20. The van der Waals surface area contributed by atoms with Gasteiger partial charge in [-0.05, 0) is 61.2 Å². The van der Waals surface area contributed by atoms with Crippen LogP contribution in [0.3, 0.4) is 0 Å². The molecule has 0 saturated carbocycles. The lowest BCUT2D eigenvalue weighted by Crippen LogP contribution is -2.44. The van der Waals surface area contributed by atoms with Crippen molar-refractivity contribution in [2.75, 3.05) is 17.3 Å². The Kier molecular flexibility index (Phi) is 7.52. The standard InChI is InChI=1S/C18H21ClN2O3S2/c1-13-12-14(19)8-9-16(13)20-18(22)17(10-11-25-2)21-26(23,24)15-6-4-3-5-7-15/h3-9,12,17,21H,10-11H2,1-2H3,(H,20,22). The first-order chi connectivity index (χ1) is 12.3. The maximum Gasteiger partial charge on any atom is 0.242 e. The molecule has 0 fully saturated rings. The third kappa shape index (κ3) is 5.74. The summed E-state index contributed by atoms with van der Waals surface area (Å²) in [4.78, 5) is 12.8. The molecule has 1 unspecified atom stereocenters. The van der Waals surface area contributed by atoms with Crippen LogP contribution in [0.15, 0.2) is 53.4 Å². The summed E-state index contributed by atoms with van der Waals surface area (Å²) < 4.78 is 27.6. The number of anilines is 1. The van der Waals surface area contributed by atoms with Crippen LogP contribution in [0.4, 0.5) is 5.69 Å². The van der Waals surface area contributed by atoms with Crippen molar-refractivity contribution in [3.05, 3.63) is 59.1 Å². The van der Waals surface area contributed by atoms with Gasteiger partial charge >= 0.3 is 0 Å². The summed E-state index contributed by atoms with van der Waals surface area (Å²) in [6.45, 7) is 1.83. The average molecular weight is 413 g/mol. The summed E-state index contributed by atoms with van der Waals surface area (Å²) in [5.74, 6) is 0.249. The van der Waals surface area contributed by atoms with Crippen molar-refractivity contribution < 1.29 is 13.2 Å². The Morgan fingerprint density at radius 3 is 2.50 bits per heavy atom. The third-order valence-electron chi connectivity index (χ3n) is 3.72. The van der Waals surface area contributed by atoms with Gasteiger partial charge in [0.25, 0.3) is 0 Å². The molecule has 2 N–H and O–H groups in total. The number of hydrogen-bond donors (Lipinski definition) is 2. The number of thioether (sulfide) groups is 1. The summed E-state index contributed by atoms with van der Waals surface area (Å²) in [7, 11) is -3.79. The molecular formula is C18H21ClN2O3S2. The van der Waals surface area contributed by atoms with Crippen LogP contribution in [0.5, 0.6) is 0 Å². The normalized spacial score (nSPS) is 12.6. The van der Waals surface area contributed by atoms with Gasteiger partial charge in [0, 0.05) is 10.7 Å². The molecule has 1 atom stereocenters. The molecule has 0 saturated heterocycles. The molecule has 0 radical (unpaired) electrons. The second kappa shape index (κ2) is 9.41. The highest BCUT2D eigenvalue weighted by Gasteiger charge is 2.25. The summed E-state index contributed by atoms with van der Waals surface area (Å²) in [6.07, 6.45) is 2.29. The van der Waals surface area contributed by atoms with Gasteiger partial charge in [0.1, 0.15) is 6.04 Å². The minimum Gasteiger partial charge on any atom is -0.324 e. The van der Waals surface area contributed by atoms with Crippen molar-refractivity contribution in [3.8, 4) is 0 Å². The number of benzene rings is 2.